The van der Waals surface area contributed by atoms with Crippen LogP contribution in [0.25, 0.3) is 0 Å². The number of carbonyl (C=O) groups is 1. The molecule has 46 heavy (non-hydrogen) atoms. The third-order valence-corrected chi connectivity index (χ3v) is 7.56. The van der Waals surface area contributed by atoms with Gasteiger partial charge in [0.25, 0.3) is 0 Å². The normalized spacial score (nSPS) is 14.3. The summed E-state index contributed by atoms with van der Waals surface area (Å²) in [5.41, 5.74) is 0. The van der Waals surface area contributed by atoms with Crippen LogP contribution in [0.4, 0.5) is 0 Å². The van der Waals surface area contributed by atoms with Gasteiger partial charge in [0.15, 0.2) is 0 Å². The lowest BCUT2D eigenvalue weighted by Gasteiger charge is -2.19. The van der Waals surface area contributed by atoms with E-state index in [9.17, 15) is 15.0 Å². The zero-order valence-electron chi connectivity index (χ0n) is 29.5. The molecule has 0 aromatic heterocycles. The average Bonchev–Trinajstić information content (AvgIpc) is 3.06. The molecule has 2 atom stereocenters. The van der Waals surface area contributed by atoms with Gasteiger partial charge in [0.05, 0.1) is 18.8 Å². The monoisotopic (exact) mass is 636 g/mol. The smallest absolute Gasteiger partial charge is 0.220 e. The van der Waals surface area contributed by atoms with Crippen LogP contribution in [-0.4, -0.2) is 34.9 Å². The Balaban J connectivity index is 3.87. The van der Waals surface area contributed by atoms with Gasteiger partial charge in [-0.2, -0.15) is 0 Å². The summed E-state index contributed by atoms with van der Waals surface area (Å²) in [6.07, 6.45) is 55.0. The second-order valence-corrected chi connectivity index (χ2v) is 11.9. The molecule has 0 radical (unpaired) electrons. The minimum atomic E-state index is -0.897. The Hall–Kier alpha value is -2.69. The van der Waals surface area contributed by atoms with Crippen molar-refractivity contribution in [1.29, 1.82) is 0 Å². The van der Waals surface area contributed by atoms with Gasteiger partial charge in [-0.3, -0.25) is 4.79 Å². The number of hydrogen-bond acceptors (Lipinski definition) is 3. The van der Waals surface area contributed by atoms with Crippen LogP contribution in [0.15, 0.2) is 97.2 Å². The van der Waals surface area contributed by atoms with Crippen LogP contribution in [0.3, 0.4) is 0 Å². The molecule has 1 amide bonds. The molecule has 0 rings (SSSR count). The molecule has 0 bridgehead atoms. The van der Waals surface area contributed by atoms with Crippen molar-refractivity contribution in [3.63, 3.8) is 0 Å². The molecule has 0 saturated heterocycles. The molecule has 0 aliphatic heterocycles. The molecule has 3 N–H and O–H groups in total. The van der Waals surface area contributed by atoms with Crippen molar-refractivity contribution >= 4 is 5.91 Å². The highest BCUT2D eigenvalue weighted by Gasteiger charge is 2.17. The molecule has 0 aromatic rings. The first-order chi connectivity index (χ1) is 22.7. The first kappa shape index (κ1) is 43.3. The fourth-order valence-electron chi connectivity index (χ4n) is 4.74. The van der Waals surface area contributed by atoms with E-state index in [2.05, 4.69) is 98.2 Å². The number of allylic oxidation sites excluding steroid dienone is 15. The lowest BCUT2D eigenvalue weighted by atomic mass is 10.1. The van der Waals surface area contributed by atoms with Crippen LogP contribution >= 0.6 is 0 Å². The molecule has 4 nitrogen and oxygen atoms in total. The van der Waals surface area contributed by atoms with Gasteiger partial charge in [-0.1, -0.05) is 162 Å². The van der Waals surface area contributed by atoms with Crippen molar-refractivity contribution in [1.82, 2.24) is 5.32 Å². The molecule has 0 fully saturated rings. The Labute approximate surface area is 283 Å². The Morgan fingerprint density at radius 1 is 0.543 bits per heavy atom. The molecule has 0 heterocycles. The van der Waals surface area contributed by atoms with Crippen molar-refractivity contribution in [2.24, 2.45) is 0 Å². The zero-order valence-corrected chi connectivity index (χ0v) is 29.5. The van der Waals surface area contributed by atoms with Gasteiger partial charge in [-0.05, 0) is 70.6 Å². The van der Waals surface area contributed by atoms with Gasteiger partial charge in [-0.15, -0.1) is 0 Å². The zero-order chi connectivity index (χ0) is 33.6. The second kappa shape index (κ2) is 36.8. The number of amides is 1. The minimum Gasteiger partial charge on any atom is -0.394 e. The van der Waals surface area contributed by atoms with Gasteiger partial charge in [0, 0.05) is 6.42 Å². The highest BCUT2D eigenvalue weighted by atomic mass is 16.3. The van der Waals surface area contributed by atoms with Crippen molar-refractivity contribution in [3.8, 4) is 0 Å². The maximum absolute atomic E-state index is 12.3. The van der Waals surface area contributed by atoms with E-state index >= 15 is 0 Å². The fraction of sp³-hybridized carbons (Fsp3) is 0.595. The van der Waals surface area contributed by atoms with E-state index in [-0.39, 0.29) is 12.5 Å². The first-order valence-corrected chi connectivity index (χ1v) is 18.5. The Kier molecular flexibility index (Phi) is 34.6. The Morgan fingerprint density at radius 3 is 1.50 bits per heavy atom. The van der Waals surface area contributed by atoms with E-state index in [0.717, 1.165) is 57.8 Å². The number of aliphatic hydroxyl groups is 2. The maximum atomic E-state index is 12.3. The van der Waals surface area contributed by atoms with Crippen LogP contribution in [0, 0.1) is 0 Å². The predicted octanol–water partition coefficient (Wildman–Crippen LogP) is 11.1. The van der Waals surface area contributed by atoms with Crippen LogP contribution < -0.4 is 5.32 Å². The molecular weight excluding hydrogens is 566 g/mol. The van der Waals surface area contributed by atoms with E-state index in [0.29, 0.717) is 12.8 Å². The van der Waals surface area contributed by atoms with E-state index in [1.807, 2.05) is 12.2 Å². The van der Waals surface area contributed by atoms with Crippen LogP contribution in [0.1, 0.15) is 142 Å². The van der Waals surface area contributed by atoms with Gasteiger partial charge < -0.3 is 15.5 Å². The summed E-state index contributed by atoms with van der Waals surface area (Å²) < 4.78 is 0. The number of hydrogen-bond donors (Lipinski definition) is 3. The van der Waals surface area contributed by atoms with Crippen LogP contribution in [0.2, 0.25) is 0 Å². The highest BCUT2D eigenvalue weighted by molar-refractivity contribution is 5.76. The van der Waals surface area contributed by atoms with Crippen molar-refractivity contribution in [3.05, 3.63) is 97.2 Å². The molecule has 260 valence electrons. The number of carbonyl (C=O) groups excluding carboxylic acids is 1. The lowest BCUT2D eigenvalue weighted by molar-refractivity contribution is -0.122. The van der Waals surface area contributed by atoms with E-state index in [1.165, 1.54) is 57.8 Å². The van der Waals surface area contributed by atoms with Gasteiger partial charge in [0.2, 0.25) is 5.91 Å². The fourth-order valence-corrected chi connectivity index (χ4v) is 4.74. The van der Waals surface area contributed by atoms with Gasteiger partial charge in [0.1, 0.15) is 0 Å². The summed E-state index contributed by atoms with van der Waals surface area (Å²) in [5, 5.41) is 22.8. The molecule has 0 aliphatic rings. The molecular formula is C42H69NO3. The molecule has 0 saturated carbocycles. The third-order valence-electron chi connectivity index (χ3n) is 7.56. The number of aliphatic hydroxyl groups excluding tert-OH is 2. The minimum absolute atomic E-state index is 0.162. The average molecular weight is 636 g/mol. The number of rotatable bonds is 31. The van der Waals surface area contributed by atoms with Gasteiger partial charge in [-0.25, -0.2) is 0 Å². The van der Waals surface area contributed by atoms with Crippen molar-refractivity contribution in [2.75, 3.05) is 6.61 Å². The maximum Gasteiger partial charge on any atom is 0.220 e. The standard InChI is InChI=1S/C42H69NO3/c1-3-5-7-9-11-13-15-17-19-20-21-22-24-26-28-30-32-34-36-38-42(46)43-40(39-44)41(45)37-35-33-31-29-27-25-23-18-16-14-12-10-8-6-4-2/h5,7,11,13,17,19,21-22,26-29,32,34-35,37,40-41,44-45H,3-4,6,8-10,12,14-16,18,20,23-25,30-31,33,36,38-39H2,1-2H3,(H,43,46)/b7-5-,13-11-,19-17-,22-21-,28-26-,29-27+,34-32-,37-35+. The predicted molar refractivity (Wildman–Crippen MR) is 202 cm³/mol. The molecule has 4 heteroatoms. The van der Waals surface area contributed by atoms with E-state index in [1.54, 1.807) is 6.08 Å². The number of unbranched alkanes of at least 4 members (excludes halogenated alkanes) is 10. The first-order valence-electron chi connectivity index (χ1n) is 18.5. The highest BCUT2D eigenvalue weighted by Crippen LogP contribution is 2.11. The molecule has 2 unspecified atom stereocenters. The quantitative estimate of drug-likeness (QED) is 0.0524. The van der Waals surface area contributed by atoms with Gasteiger partial charge >= 0.3 is 0 Å². The topological polar surface area (TPSA) is 69.6 Å². The van der Waals surface area contributed by atoms with E-state index < -0.39 is 12.1 Å². The van der Waals surface area contributed by atoms with E-state index in [4.69, 9.17) is 0 Å². The molecule has 0 aliphatic carbocycles. The number of nitrogens with one attached hydrogen (secondary N) is 1. The SMILES string of the molecule is CC/C=C\C/C=C\C/C=C\C/C=C\C/C=C\C/C=C\CCC(=O)NC(CO)C(O)/C=C/CC/C=C/CCCCCCCCCCC. The summed E-state index contributed by atoms with van der Waals surface area (Å²) in [4.78, 5) is 12.3. The van der Waals surface area contributed by atoms with Crippen molar-refractivity contribution in [2.45, 2.75) is 154 Å². The summed E-state index contributed by atoms with van der Waals surface area (Å²) >= 11 is 0. The summed E-state index contributed by atoms with van der Waals surface area (Å²) in [7, 11) is 0. The van der Waals surface area contributed by atoms with Crippen LogP contribution in [-0.2, 0) is 4.79 Å². The lowest BCUT2D eigenvalue weighted by Crippen LogP contribution is -2.45. The largest absolute Gasteiger partial charge is 0.394 e. The molecule has 0 spiro atoms. The Bertz CT molecular complexity index is 906. The van der Waals surface area contributed by atoms with Crippen molar-refractivity contribution < 1.29 is 15.0 Å². The third kappa shape index (κ3) is 32.7. The Morgan fingerprint density at radius 2 is 0.978 bits per heavy atom. The summed E-state index contributed by atoms with van der Waals surface area (Å²) in [5.74, 6) is -0.162. The summed E-state index contributed by atoms with van der Waals surface area (Å²) in [6.45, 7) is 4.12. The molecule has 0 aromatic carbocycles. The summed E-state index contributed by atoms with van der Waals surface area (Å²) in [6, 6.07) is -0.684. The second-order valence-electron chi connectivity index (χ2n) is 11.9. The van der Waals surface area contributed by atoms with Crippen LogP contribution in [0.5, 0.6) is 0 Å².